The molecule has 9 aromatic rings. The summed E-state index contributed by atoms with van der Waals surface area (Å²) in [4.78, 5) is 4.61. The summed E-state index contributed by atoms with van der Waals surface area (Å²) in [6.07, 6.45) is 1.85. The van der Waals surface area contributed by atoms with Crippen LogP contribution < -0.4 is 0 Å². The zero-order valence-electron chi connectivity index (χ0n) is 21.6. The molecule has 0 aliphatic rings. The first kappa shape index (κ1) is 21.5. The van der Waals surface area contributed by atoms with Crippen LogP contribution >= 0.6 is 0 Å². The fourth-order valence-corrected chi connectivity index (χ4v) is 6.65. The molecule has 5 aromatic carbocycles. The van der Waals surface area contributed by atoms with Gasteiger partial charge in [0.1, 0.15) is 0 Å². The second kappa shape index (κ2) is 8.05. The Bertz CT molecular complexity index is 2430. The minimum Gasteiger partial charge on any atom is -0.309 e. The molecule has 0 fully saturated rings. The predicted molar refractivity (Wildman–Crippen MR) is 167 cm³/mol. The molecule has 3 heteroatoms. The summed E-state index contributed by atoms with van der Waals surface area (Å²) in [6.45, 7) is 0. The van der Waals surface area contributed by atoms with Gasteiger partial charge in [-0.05, 0) is 53.9 Å². The van der Waals surface area contributed by atoms with Crippen molar-refractivity contribution in [2.75, 3.05) is 0 Å². The molecule has 3 nitrogen and oxygen atoms in total. The molecule has 0 saturated carbocycles. The molecule has 0 amide bonds. The highest BCUT2D eigenvalue weighted by atomic mass is 15.0. The monoisotopic (exact) mass is 509 g/mol. The van der Waals surface area contributed by atoms with Crippen LogP contribution in [-0.2, 0) is 0 Å². The van der Waals surface area contributed by atoms with Crippen LogP contribution in [-0.4, -0.2) is 14.0 Å². The van der Waals surface area contributed by atoms with Gasteiger partial charge in [0.2, 0.25) is 0 Å². The number of nitrogens with zero attached hydrogens (tertiary/aromatic N) is 3. The Morgan fingerprint density at radius 2 is 1.20 bits per heavy atom. The molecule has 40 heavy (non-hydrogen) atoms. The molecule has 0 bridgehead atoms. The van der Waals surface area contributed by atoms with Gasteiger partial charge in [0.25, 0.3) is 0 Å². The van der Waals surface area contributed by atoms with Gasteiger partial charge in [-0.15, -0.1) is 0 Å². The molecule has 0 aliphatic heterocycles. The lowest BCUT2D eigenvalue weighted by Crippen LogP contribution is -1.95. The zero-order chi connectivity index (χ0) is 26.2. The van der Waals surface area contributed by atoms with Crippen molar-refractivity contribution in [3.63, 3.8) is 0 Å². The number of hydrogen-bond donors (Lipinski definition) is 0. The third-order valence-electron chi connectivity index (χ3n) is 8.30. The van der Waals surface area contributed by atoms with Gasteiger partial charge < -0.3 is 8.97 Å². The molecule has 0 spiro atoms. The Morgan fingerprint density at radius 3 is 2.02 bits per heavy atom. The number of benzene rings is 5. The average molecular weight is 510 g/mol. The maximum absolute atomic E-state index is 4.61. The van der Waals surface area contributed by atoms with Crippen LogP contribution in [0.25, 0.3) is 76.8 Å². The summed E-state index contributed by atoms with van der Waals surface area (Å²) in [7, 11) is 0. The SMILES string of the molecule is c1ccc(-c2cccc(-n3c4ccccc4c4c3ccc3cc5c6ccccc6c6ccccc6n5c34)c2)nc1. The molecule has 186 valence electrons. The first-order valence-electron chi connectivity index (χ1n) is 13.7. The molecular formula is C37H23N3. The summed E-state index contributed by atoms with van der Waals surface area (Å²) in [5.74, 6) is 0. The maximum Gasteiger partial charge on any atom is 0.0702 e. The van der Waals surface area contributed by atoms with Crippen molar-refractivity contribution in [1.82, 2.24) is 14.0 Å². The number of fused-ring (bicyclic) bond motifs is 12. The van der Waals surface area contributed by atoms with E-state index in [2.05, 4.69) is 135 Å². The largest absolute Gasteiger partial charge is 0.309 e. The highest BCUT2D eigenvalue weighted by Crippen LogP contribution is 2.41. The smallest absolute Gasteiger partial charge is 0.0702 e. The van der Waals surface area contributed by atoms with Gasteiger partial charge >= 0.3 is 0 Å². The Kier molecular flexibility index (Phi) is 4.33. The van der Waals surface area contributed by atoms with Crippen molar-refractivity contribution < 1.29 is 0 Å². The van der Waals surface area contributed by atoms with Gasteiger partial charge in [-0.25, -0.2) is 0 Å². The molecule has 4 aromatic heterocycles. The molecule has 4 heterocycles. The number of para-hydroxylation sites is 2. The molecular weight excluding hydrogens is 486 g/mol. The van der Waals surface area contributed by atoms with E-state index in [-0.39, 0.29) is 0 Å². The molecule has 0 radical (unpaired) electrons. The van der Waals surface area contributed by atoms with Crippen LogP contribution in [0, 0.1) is 0 Å². The first-order valence-corrected chi connectivity index (χ1v) is 13.7. The number of hydrogen-bond acceptors (Lipinski definition) is 1. The van der Waals surface area contributed by atoms with E-state index in [1.807, 2.05) is 18.3 Å². The lowest BCUT2D eigenvalue weighted by molar-refractivity contribution is 1.18. The fraction of sp³-hybridized carbons (Fsp3) is 0. The first-order chi connectivity index (χ1) is 19.9. The Balaban J connectivity index is 1.47. The normalized spacial score (nSPS) is 12.0. The Labute approximate surface area is 230 Å². The lowest BCUT2D eigenvalue weighted by Gasteiger charge is -2.11. The van der Waals surface area contributed by atoms with Gasteiger partial charge in [0, 0.05) is 44.4 Å². The second-order valence-electron chi connectivity index (χ2n) is 10.4. The third kappa shape index (κ3) is 2.86. The van der Waals surface area contributed by atoms with Gasteiger partial charge in [-0.2, -0.15) is 0 Å². The van der Waals surface area contributed by atoms with Crippen LogP contribution in [0.15, 0.2) is 140 Å². The van der Waals surface area contributed by atoms with E-state index >= 15 is 0 Å². The summed E-state index contributed by atoms with van der Waals surface area (Å²) < 4.78 is 4.88. The van der Waals surface area contributed by atoms with E-state index in [0.717, 1.165) is 16.9 Å². The molecule has 0 unspecified atom stereocenters. The van der Waals surface area contributed by atoms with E-state index in [1.165, 1.54) is 59.9 Å². The minimum atomic E-state index is 0.975. The van der Waals surface area contributed by atoms with Crippen LogP contribution in [0.5, 0.6) is 0 Å². The van der Waals surface area contributed by atoms with Crippen molar-refractivity contribution in [1.29, 1.82) is 0 Å². The van der Waals surface area contributed by atoms with E-state index in [1.54, 1.807) is 0 Å². The van der Waals surface area contributed by atoms with Gasteiger partial charge in [-0.1, -0.05) is 84.9 Å². The van der Waals surface area contributed by atoms with Gasteiger partial charge in [-0.3, -0.25) is 4.98 Å². The molecule has 0 aliphatic carbocycles. The topological polar surface area (TPSA) is 22.2 Å². The number of pyridine rings is 2. The van der Waals surface area contributed by atoms with Crippen molar-refractivity contribution in [3.05, 3.63) is 140 Å². The molecule has 9 rings (SSSR count). The Hall–Kier alpha value is -5.41. The fourth-order valence-electron chi connectivity index (χ4n) is 6.65. The third-order valence-corrected chi connectivity index (χ3v) is 8.30. The average Bonchev–Trinajstić information content (AvgIpc) is 3.58. The maximum atomic E-state index is 4.61. The zero-order valence-corrected chi connectivity index (χ0v) is 21.6. The summed E-state index contributed by atoms with van der Waals surface area (Å²) in [5.41, 5.74) is 9.33. The molecule has 0 atom stereocenters. The Morgan fingerprint density at radius 1 is 0.475 bits per heavy atom. The van der Waals surface area contributed by atoms with Gasteiger partial charge in [0.15, 0.2) is 0 Å². The molecule has 0 saturated heterocycles. The van der Waals surface area contributed by atoms with Gasteiger partial charge in [0.05, 0.1) is 33.3 Å². The standard InChI is InChI=1S/C37H23N3/c1-2-14-29-27(12-1)28-13-3-5-17-32(28)40-35(29)23-25-19-20-34-36(37(25)40)30-15-4-6-18-33(30)39(34)26-11-9-10-24(22-26)31-16-7-8-21-38-31/h1-23H. The van der Waals surface area contributed by atoms with E-state index in [9.17, 15) is 0 Å². The van der Waals surface area contributed by atoms with Crippen LogP contribution in [0.1, 0.15) is 0 Å². The van der Waals surface area contributed by atoms with Crippen molar-refractivity contribution in [3.8, 4) is 16.9 Å². The lowest BCUT2D eigenvalue weighted by atomic mass is 10.1. The van der Waals surface area contributed by atoms with Crippen molar-refractivity contribution in [2.24, 2.45) is 0 Å². The summed E-state index contributed by atoms with van der Waals surface area (Å²) >= 11 is 0. The highest BCUT2D eigenvalue weighted by molar-refractivity contribution is 6.24. The second-order valence-corrected chi connectivity index (χ2v) is 10.4. The highest BCUT2D eigenvalue weighted by Gasteiger charge is 2.19. The van der Waals surface area contributed by atoms with E-state index in [4.69, 9.17) is 0 Å². The minimum absolute atomic E-state index is 0.975. The van der Waals surface area contributed by atoms with Crippen LogP contribution in [0.2, 0.25) is 0 Å². The van der Waals surface area contributed by atoms with Crippen LogP contribution in [0.3, 0.4) is 0 Å². The van der Waals surface area contributed by atoms with Crippen molar-refractivity contribution >= 4 is 59.9 Å². The van der Waals surface area contributed by atoms with Crippen LogP contribution in [0.4, 0.5) is 0 Å². The predicted octanol–water partition coefficient (Wildman–Crippen LogP) is 9.56. The molecule has 0 N–H and O–H groups in total. The van der Waals surface area contributed by atoms with E-state index < -0.39 is 0 Å². The van der Waals surface area contributed by atoms with Crippen molar-refractivity contribution in [2.45, 2.75) is 0 Å². The number of rotatable bonds is 2. The number of aromatic nitrogens is 3. The summed E-state index contributed by atoms with van der Waals surface area (Å²) in [5, 5.41) is 7.61. The van der Waals surface area contributed by atoms with E-state index in [0.29, 0.717) is 0 Å². The quantitative estimate of drug-likeness (QED) is 0.213. The summed E-state index contributed by atoms with van der Waals surface area (Å²) in [6, 6.07) is 48.0.